The Morgan fingerprint density at radius 1 is 0.833 bits per heavy atom. The lowest BCUT2D eigenvalue weighted by Crippen LogP contribution is -2.39. The van der Waals surface area contributed by atoms with Crippen molar-refractivity contribution in [1.82, 2.24) is 24.0 Å². The van der Waals surface area contributed by atoms with E-state index in [2.05, 4.69) is 17.2 Å². The second-order valence-corrected chi connectivity index (χ2v) is 13.5. The molecule has 1 N–H and O–H groups in total. The van der Waals surface area contributed by atoms with Crippen LogP contribution in [-0.2, 0) is 34.9 Å². The van der Waals surface area contributed by atoms with Gasteiger partial charge in [-0.05, 0) is 25.8 Å². The topological polar surface area (TPSA) is 117 Å². The Kier molecular flexibility index (Phi) is 17.3. The average Bonchev–Trinajstić information content (AvgIpc) is 3.33. The number of fused-ring (bicyclic) bond motifs is 1. The first kappa shape index (κ1) is 36.2. The normalized spacial score (nSPS) is 12.9. The van der Waals surface area contributed by atoms with Crippen molar-refractivity contribution in [3.05, 3.63) is 27.2 Å². The van der Waals surface area contributed by atoms with Crippen LogP contribution in [0.3, 0.4) is 0 Å². The maximum absolute atomic E-state index is 12.8. The van der Waals surface area contributed by atoms with Gasteiger partial charge >= 0.3 is 5.69 Å². The zero-order chi connectivity index (χ0) is 30.8. The highest BCUT2D eigenvalue weighted by Gasteiger charge is 2.16. The number of nitrogens with one attached hydrogen (secondary N) is 1. The maximum Gasteiger partial charge on any atom is 0.332 e. The Morgan fingerprint density at radius 2 is 1.38 bits per heavy atom. The number of aromatic nitrogens is 4. The zero-order valence-corrected chi connectivity index (χ0v) is 27.6. The SMILES string of the molecule is CCCCCCCCCCCCNCC(CCCCCCCCCn1c(=O)c2c(ncn2C)n(C)c1=O)OS(C)(=O)=O. The van der Waals surface area contributed by atoms with E-state index >= 15 is 0 Å². The van der Waals surface area contributed by atoms with E-state index in [9.17, 15) is 18.0 Å². The maximum atomic E-state index is 12.8. The van der Waals surface area contributed by atoms with Crippen LogP contribution in [0.1, 0.15) is 122 Å². The summed E-state index contributed by atoms with van der Waals surface area (Å²) in [4.78, 5) is 29.5. The molecular formula is C31H57N5O5S. The van der Waals surface area contributed by atoms with Crippen LogP contribution in [0.2, 0.25) is 0 Å². The minimum Gasteiger partial charge on any atom is -0.328 e. The quantitative estimate of drug-likeness (QED) is 0.118. The van der Waals surface area contributed by atoms with E-state index < -0.39 is 10.1 Å². The third-order valence-corrected chi connectivity index (χ3v) is 8.62. The smallest absolute Gasteiger partial charge is 0.328 e. The number of rotatable bonds is 25. The van der Waals surface area contributed by atoms with Crippen LogP contribution in [0.25, 0.3) is 11.2 Å². The van der Waals surface area contributed by atoms with Gasteiger partial charge in [0.1, 0.15) is 0 Å². The van der Waals surface area contributed by atoms with Gasteiger partial charge < -0.3 is 9.88 Å². The zero-order valence-electron chi connectivity index (χ0n) is 26.7. The molecule has 0 amide bonds. The summed E-state index contributed by atoms with van der Waals surface area (Å²) >= 11 is 0. The van der Waals surface area contributed by atoms with Gasteiger partial charge in [0.05, 0.1) is 18.7 Å². The lowest BCUT2D eigenvalue weighted by Gasteiger charge is -2.17. The molecule has 0 aliphatic rings. The van der Waals surface area contributed by atoms with Crippen LogP contribution in [0.4, 0.5) is 0 Å². The predicted octanol–water partition coefficient (Wildman–Crippen LogP) is 5.41. The number of unbranched alkanes of at least 4 members (excludes halogenated alkanes) is 15. The van der Waals surface area contributed by atoms with E-state index in [1.807, 2.05) is 0 Å². The lowest BCUT2D eigenvalue weighted by molar-refractivity contribution is 0.192. The fraction of sp³-hybridized carbons (Fsp3) is 0.839. The van der Waals surface area contributed by atoms with Crippen molar-refractivity contribution in [3.8, 4) is 0 Å². The van der Waals surface area contributed by atoms with Crippen molar-refractivity contribution in [2.24, 2.45) is 14.1 Å². The van der Waals surface area contributed by atoms with Crippen LogP contribution in [0, 0.1) is 0 Å². The monoisotopic (exact) mass is 611 g/mol. The Labute approximate surface area is 253 Å². The summed E-state index contributed by atoms with van der Waals surface area (Å²) in [6, 6.07) is 0. The molecule has 11 heteroatoms. The Balaban J connectivity index is 1.55. The van der Waals surface area contributed by atoms with E-state index in [-0.39, 0.29) is 17.4 Å². The molecule has 10 nitrogen and oxygen atoms in total. The number of nitrogens with zero attached hydrogens (tertiary/aromatic N) is 4. The number of hydrogen-bond acceptors (Lipinski definition) is 7. The number of hydrogen-bond donors (Lipinski definition) is 1. The van der Waals surface area contributed by atoms with Gasteiger partial charge in [-0.3, -0.25) is 18.1 Å². The van der Waals surface area contributed by atoms with E-state index in [1.165, 1.54) is 66.9 Å². The molecule has 0 saturated carbocycles. The molecule has 0 spiro atoms. The molecule has 0 aromatic carbocycles. The molecule has 2 aromatic heterocycles. The summed E-state index contributed by atoms with van der Waals surface area (Å²) in [5, 5.41) is 3.40. The summed E-state index contributed by atoms with van der Waals surface area (Å²) in [5.41, 5.74) is 0.258. The van der Waals surface area contributed by atoms with Crippen LogP contribution < -0.4 is 16.6 Å². The van der Waals surface area contributed by atoms with Crippen LogP contribution in [0.15, 0.2) is 15.9 Å². The third-order valence-electron chi connectivity index (χ3n) is 8.00. The second kappa shape index (κ2) is 20.1. The molecule has 0 aliphatic heterocycles. The molecule has 2 rings (SSSR count). The first-order valence-electron chi connectivity index (χ1n) is 16.4. The molecule has 0 radical (unpaired) electrons. The second-order valence-electron chi connectivity index (χ2n) is 11.9. The number of imidazole rings is 1. The van der Waals surface area contributed by atoms with Crippen molar-refractivity contribution < 1.29 is 12.6 Å². The van der Waals surface area contributed by atoms with E-state index in [0.717, 1.165) is 70.6 Å². The predicted molar refractivity (Wildman–Crippen MR) is 172 cm³/mol. The lowest BCUT2D eigenvalue weighted by atomic mass is 10.1. The molecule has 0 saturated heterocycles. The number of aryl methyl sites for hydroxylation is 2. The summed E-state index contributed by atoms with van der Waals surface area (Å²) in [5.74, 6) is 0. The third kappa shape index (κ3) is 13.5. The Bertz CT molecular complexity index is 1250. The van der Waals surface area contributed by atoms with Gasteiger partial charge in [0.15, 0.2) is 11.2 Å². The molecule has 42 heavy (non-hydrogen) atoms. The Hall–Kier alpha value is -1.98. The molecule has 2 aromatic rings. The highest BCUT2D eigenvalue weighted by atomic mass is 32.2. The van der Waals surface area contributed by atoms with E-state index in [1.54, 1.807) is 25.0 Å². The molecule has 0 aliphatic carbocycles. The first-order chi connectivity index (χ1) is 20.2. The fourth-order valence-corrected chi connectivity index (χ4v) is 6.21. The molecule has 242 valence electrons. The minimum absolute atomic E-state index is 0.281. The average molecular weight is 612 g/mol. The van der Waals surface area contributed by atoms with Crippen LogP contribution >= 0.6 is 0 Å². The van der Waals surface area contributed by atoms with Crippen LogP contribution in [-0.4, -0.2) is 52.6 Å². The summed E-state index contributed by atoms with van der Waals surface area (Å²) in [6.45, 7) is 4.12. The van der Waals surface area contributed by atoms with Gasteiger partial charge in [0, 0.05) is 27.2 Å². The van der Waals surface area contributed by atoms with Crippen molar-refractivity contribution >= 4 is 21.3 Å². The van der Waals surface area contributed by atoms with E-state index in [0.29, 0.717) is 24.3 Å². The summed E-state index contributed by atoms with van der Waals surface area (Å²) < 4.78 is 33.2. The standard InChI is InChI=1S/C31H57N5O5S/c1-5-6-7-8-9-10-11-14-17-20-23-32-25-27(41-42(4,39)40)22-19-16-13-12-15-18-21-24-36-30(37)28-29(33-26-34(28)2)35(3)31(36)38/h26-27,32H,5-25H2,1-4H3. The Morgan fingerprint density at radius 3 is 1.98 bits per heavy atom. The molecular weight excluding hydrogens is 554 g/mol. The van der Waals surface area contributed by atoms with Gasteiger partial charge in [-0.15, -0.1) is 0 Å². The van der Waals surface area contributed by atoms with Gasteiger partial charge in [0.25, 0.3) is 15.7 Å². The highest BCUT2D eigenvalue weighted by Crippen LogP contribution is 2.14. The fourth-order valence-electron chi connectivity index (χ4n) is 5.55. The molecule has 1 unspecified atom stereocenters. The first-order valence-corrected chi connectivity index (χ1v) is 18.2. The highest BCUT2D eigenvalue weighted by molar-refractivity contribution is 7.86. The largest absolute Gasteiger partial charge is 0.332 e. The van der Waals surface area contributed by atoms with Crippen LogP contribution in [0.5, 0.6) is 0 Å². The van der Waals surface area contributed by atoms with Gasteiger partial charge in [0.2, 0.25) is 0 Å². The minimum atomic E-state index is -3.48. The van der Waals surface area contributed by atoms with Crippen molar-refractivity contribution in [2.45, 2.75) is 135 Å². The summed E-state index contributed by atoms with van der Waals surface area (Å²) in [7, 11) is -0.0757. The van der Waals surface area contributed by atoms with Crippen molar-refractivity contribution in [3.63, 3.8) is 0 Å². The summed E-state index contributed by atoms with van der Waals surface area (Å²) in [6.07, 6.45) is 23.0. The van der Waals surface area contributed by atoms with Crippen molar-refractivity contribution in [2.75, 3.05) is 19.3 Å². The molecule has 0 bridgehead atoms. The van der Waals surface area contributed by atoms with Crippen molar-refractivity contribution in [1.29, 1.82) is 0 Å². The van der Waals surface area contributed by atoms with E-state index in [4.69, 9.17) is 4.18 Å². The molecule has 2 heterocycles. The molecule has 1 atom stereocenters. The molecule has 0 fully saturated rings. The van der Waals surface area contributed by atoms with Gasteiger partial charge in [-0.25, -0.2) is 9.78 Å². The van der Waals surface area contributed by atoms with Gasteiger partial charge in [-0.1, -0.05) is 103 Å². The van der Waals surface area contributed by atoms with Gasteiger partial charge in [-0.2, -0.15) is 8.42 Å².